The predicted molar refractivity (Wildman–Crippen MR) is 396 cm³/mol. The monoisotopic (exact) mass is 1490 g/mol. The zero-order valence-electron chi connectivity index (χ0n) is 57.1. The molecule has 0 atom stereocenters. The summed E-state index contributed by atoms with van der Waals surface area (Å²) in [4.78, 5) is 43.7. The number of benzene rings is 6. The van der Waals surface area contributed by atoms with Crippen molar-refractivity contribution in [3.8, 4) is 45.6 Å². The fourth-order valence-electron chi connectivity index (χ4n) is 11.3. The number of halogens is 10. The van der Waals surface area contributed by atoms with E-state index in [1.165, 1.54) is 60.7 Å². The molecular formula is C75H58Cl2F8N22. The first-order chi connectivity index (χ1) is 51.4. The fraction of sp³-hybridized carbons (Fsp3) is 0.120. The van der Waals surface area contributed by atoms with E-state index in [0.29, 0.717) is 108 Å². The van der Waals surface area contributed by atoms with Gasteiger partial charge in [0.05, 0.1) is 43.0 Å². The number of H-pyrrole nitrogens is 4. The first kappa shape index (κ1) is 72.4. The van der Waals surface area contributed by atoms with Crippen molar-refractivity contribution in [3.63, 3.8) is 0 Å². The van der Waals surface area contributed by atoms with Gasteiger partial charge in [0, 0.05) is 91.5 Å². The molecule has 0 aliphatic carbocycles. The quantitative estimate of drug-likeness (QED) is 0.0498. The van der Waals surface area contributed by atoms with Crippen LogP contribution in [-0.2, 0) is 18.8 Å². The number of aromatic amines is 4. The molecule has 10 heterocycles. The van der Waals surface area contributed by atoms with Crippen LogP contribution in [0.3, 0.4) is 0 Å². The molecule has 32 heteroatoms. The molecule has 538 valence electrons. The Bertz CT molecular complexity index is 5940. The summed E-state index contributed by atoms with van der Waals surface area (Å²) < 4.78 is 108. The smallest absolute Gasteiger partial charge is 0.325 e. The third-order valence-electron chi connectivity index (χ3n) is 16.5. The van der Waals surface area contributed by atoms with Gasteiger partial charge >= 0.3 is 12.4 Å². The fourth-order valence-corrected chi connectivity index (χ4v) is 11.7. The number of nitrogens with zero attached hydrogens (tertiary/aromatic N) is 14. The van der Waals surface area contributed by atoms with Gasteiger partial charge in [0.15, 0.2) is 46.2 Å². The third-order valence-corrected chi connectivity index (χ3v) is 17.2. The van der Waals surface area contributed by atoms with Gasteiger partial charge in [-0.1, -0.05) is 90.8 Å². The first-order valence-corrected chi connectivity index (χ1v) is 33.4. The molecule has 0 aliphatic rings. The maximum Gasteiger partial charge on any atom is 0.417 e. The van der Waals surface area contributed by atoms with Gasteiger partial charge in [-0.05, 0) is 138 Å². The van der Waals surface area contributed by atoms with Crippen LogP contribution in [0.15, 0.2) is 182 Å². The standard InChI is InChI=1S/C21H17F4N5.C18H13ClFN5.C18H15ClN6.C18H13F3N6/c1-3-13-11(2)26-19(14-6-4-5-7-16(14)21(23,24)25)27-18(13)28-20-15-10-12(22)8-9-17(15)29-30-20;1-10-8-16(22-17(21-10)12-4-2-3-5-14(12)19)23-18-13-9-11(20)6-7-15(13)24-25-18;1-10-11(2)21-17(12-6-3-4-8-14(12)19)22-15(10)23-18-13-7-5-9-20-16(13)24-25-18;1-10-9-14(25-17-12-6-4-8-22-15(12)26-27-17)24-16(23-10)11-5-2-3-7-13(11)18(19,20)21/h4-10H,3H2,1-2H3,(H2,26,27,28,29,30);2-9H,1H3,(H2,21,22,23,24,25);3-9H,1-2H3,(H2,20,21,22,23,24,25);2-9H,1H3,(H2,22,23,24,25,26,27). The van der Waals surface area contributed by atoms with E-state index in [9.17, 15) is 35.1 Å². The number of nitrogens with one attached hydrogen (secondary N) is 8. The van der Waals surface area contributed by atoms with Gasteiger partial charge in [-0.25, -0.2) is 58.6 Å². The van der Waals surface area contributed by atoms with Crippen molar-refractivity contribution in [2.75, 3.05) is 21.3 Å². The minimum atomic E-state index is -4.54. The van der Waals surface area contributed by atoms with Crippen LogP contribution in [0.1, 0.15) is 52.0 Å². The molecule has 0 unspecified atom stereocenters. The summed E-state index contributed by atoms with van der Waals surface area (Å²) in [6.45, 7) is 11.1. The van der Waals surface area contributed by atoms with E-state index in [-0.39, 0.29) is 28.6 Å². The van der Waals surface area contributed by atoms with Gasteiger partial charge in [0.2, 0.25) is 0 Å². The first-order valence-electron chi connectivity index (χ1n) is 32.6. The number of aryl methyl sites for hydroxylation is 4. The molecule has 0 fully saturated rings. The Morgan fingerprint density at radius 3 is 1.32 bits per heavy atom. The van der Waals surface area contributed by atoms with Gasteiger partial charge < -0.3 is 21.3 Å². The molecule has 0 saturated carbocycles. The van der Waals surface area contributed by atoms with Crippen LogP contribution in [0.25, 0.3) is 89.4 Å². The average Bonchev–Trinajstić information content (AvgIpc) is 0.978. The Labute approximate surface area is 612 Å². The molecule has 16 rings (SSSR count). The molecule has 0 radical (unpaired) electrons. The summed E-state index contributed by atoms with van der Waals surface area (Å²) in [7, 11) is 0. The Morgan fingerprint density at radius 2 is 0.813 bits per heavy atom. The normalized spacial score (nSPS) is 11.4. The summed E-state index contributed by atoms with van der Waals surface area (Å²) in [5.41, 5.74) is 6.72. The molecular weight excluding hydrogens is 1430 g/mol. The number of aromatic nitrogens is 18. The lowest BCUT2D eigenvalue weighted by molar-refractivity contribution is -0.137. The van der Waals surface area contributed by atoms with Crippen LogP contribution in [0.4, 0.5) is 81.7 Å². The van der Waals surface area contributed by atoms with Crippen LogP contribution < -0.4 is 21.3 Å². The van der Waals surface area contributed by atoms with Crippen LogP contribution in [-0.4, -0.2) is 90.6 Å². The average molecular weight is 1490 g/mol. The lowest BCUT2D eigenvalue weighted by Crippen LogP contribution is -2.10. The van der Waals surface area contributed by atoms with Crippen molar-refractivity contribution in [2.24, 2.45) is 0 Å². The summed E-state index contributed by atoms with van der Waals surface area (Å²) in [6.07, 6.45) is -5.16. The summed E-state index contributed by atoms with van der Waals surface area (Å²) in [5, 5.41) is 44.6. The number of hydrogen-bond acceptors (Lipinski definition) is 18. The molecule has 10 aromatic heterocycles. The highest BCUT2D eigenvalue weighted by Gasteiger charge is 2.36. The van der Waals surface area contributed by atoms with E-state index < -0.39 is 29.3 Å². The van der Waals surface area contributed by atoms with Crippen molar-refractivity contribution in [3.05, 3.63) is 249 Å². The van der Waals surface area contributed by atoms with Crippen molar-refractivity contribution in [2.45, 2.75) is 60.3 Å². The van der Waals surface area contributed by atoms with Gasteiger partial charge in [-0.3, -0.25) is 20.4 Å². The van der Waals surface area contributed by atoms with Crippen molar-refractivity contribution in [1.29, 1.82) is 0 Å². The second kappa shape index (κ2) is 30.8. The zero-order valence-corrected chi connectivity index (χ0v) is 58.6. The Kier molecular flexibility index (Phi) is 20.8. The highest BCUT2D eigenvalue weighted by atomic mass is 35.5. The van der Waals surface area contributed by atoms with E-state index in [1.807, 2.05) is 88.4 Å². The van der Waals surface area contributed by atoms with E-state index in [2.05, 4.69) is 112 Å². The van der Waals surface area contributed by atoms with Gasteiger partial charge in [0.25, 0.3) is 0 Å². The Balaban J connectivity index is 0.000000126. The summed E-state index contributed by atoms with van der Waals surface area (Å²) >= 11 is 12.5. The molecule has 22 nitrogen and oxygen atoms in total. The minimum Gasteiger partial charge on any atom is -0.325 e. The third kappa shape index (κ3) is 16.4. The number of alkyl halides is 6. The molecule has 16 aromatic rings. The van der Waals surface area contributed by atoms with Crippen LogP contribution in [0.2, 0.25) is 10.0 Å². The molecule has 0 bridgehead atoms. The number of rotatable bonds is 13. The van der Waals surface area contributed by atoms with E-state index in [0.717, 1.165) is 67.9 Å². The number of fused-ring (bicyclic) bond motifs is 4. The Morgan fingerprint density at radius 1 is 0.383 bits per heavy atom. The van der Waals surface area contributed by atoms with Crippen LogP contribution in [0, 0.1) is 46.3 Å². The number of anilines is 8. The maximum atomic E-state index is 13.7. The lowest BCUT2D eigenvalue weighted by atomic mass is 10.1. The van der Waals surface area contributed by atoms with Gasteiger partial charge in [-0.15, -0.1) is 0 Å². The van der Waals surface area contributed by atoms with Gasteiger partial charge in [0.1, 0.15) is 46.5 Å². The van der Waals surface area contributed by atoms with Crippen LogP contribution >= 0.6 is 23.2 Å². The highest BCUT2D eigenvalue weighted by Crippen LogP contribution is 2.40. The van der Waals surface area contributed by atoms with Crippen molar-refractivity contribution in [1.82, 2.24) is 90.6 Å². The molecule has 0 amide bonds. The zero-order chi connectivity index (χ0) is 75.3. The molecule has 0 spiro atoms. The lowest BCUT2D eigenvalue weighted by Gasteiger charge is -2.16. The molecule has 6 aromatic carbocycles. The second-order valence-corrected chi connectivity index (χ2v) is 24.7. The number of pyridine rings is 2. The topological polar surface area (TPSA) is 292 Å². The van der Waals surface area contributed by atoms with E-state index in [1.54, 1.807) is 62.6 Å². The minimum absolute atomic E-state index is 0.00706. The van der Waals surface area contributed by atoms with E-state index >= 15 is 0 Å². The highest BCUT2D eigenvalue weighted by molar-refractivity contribution is 6.33. The molecule has 107 heavy (non-hydrogen) atoms. The van der Waals surface area contributed by atoms with Crippen molar-refractivity contribution >= 4 is 114 Å². The summed E-state index contributed by atoms with van der Waals surface area (Å²) in [5.74, 6) is 4.34. The predicted octanol–water partition coefficient (Wildman–Crippen LogP) is 19.6. The second-order valence-electron chi connectivity index (χ2n) is 23.9. The Hall–Kier alpha value is -13.0. The SMILES string of the molecule is CCc1c(C)nc(-c2ccccc2C(F)(F)F)nc1Nc1n[nH]c2ccc(F)cc12.Cc1cc(Nc2[nH]nc3ncccc23)nc(-c2ccccc2C(F)(F)F)n1.Cc1cc(Nc2n[nH]c3ccc(F)cc23)nc(-c2ccccc2Cl)n1.Cc1nc(-c2ccccc2Cl)nc(Nc2[nH]nc3ncccc23)c1C. The molecule has 0 aliphatic heterocycles. The van der Waals surface area contributed by atoms with Gasteiger partial charge in [-0.2, -0.15) is 46.7 Å². The summed E-state index contributed by atoms with van der Waals surface area (Å²) in [6, 6.07) is 44.8. The largest absolute Gasteiger partial charge is 0.417 e. The number of hydrogen-bond donors (Lipinski definition) is 8. The van der Waals surface area contributed by atoms with E-state index in [4.69, 9.17) is 23.2 Å². The maximum absolute atomic E-state index is 13.7. The molecule has 8 N–H and O–H groups in total. The van der Waals surface area contributed by atoms with Crippen molar-refractivity contribution < 1.29 is 35.1 Å². The van der Waals surface area contributed by atoms with Crippen LogP contribution in [0.5, 0.6) is 0 Å². The molecule has 0 saturated heterocycles.